The number of hydrogen-bond acceptors (Lipinski definition) is 7. The highest BCUT2D eigenvalue weighted by atomic mass is 16.5. The van der Waals surface area contributed by atoms with Gasteiger partial charge in [0.2, 0.25) is 0 Å². The Hall–Kier alpha value is -3.55. The van der Waals surface area contributed by atoms with E-state index in [-0.39, 0.29) is 43.3 Å². The number of benzene rings is 2. The molecule has 0 aliphatic rings. The molecule has 0 atom stereocenters. The highest BCUT2D eigenvalue weighted by Crippen LogP contribution is 2.25. The molecule has 7 nitrogen and oxygen atoms in total. The van der Waals surface area contributed by atoms with Gasteiger partial charge in [0.25, 0.3) is 0 Å². The monoisotopic (exact) mass is 420 g/mol. The van der Waals surface area contributed by atoms with Gasteiger partial charge in [-0.2, -0.15) is 0 Å². The Morgan fingerprint density at radius 3 is 2.23 bits per heavy atom. The molecule has 0 radical (unpaired) electrons. The van der Waals surface area contributed by atoms with Crippen LogP contribution in [0.3, 0.4) is 0 Å². The van der Waals surface area contributed by atoms with E-state index in [4.69, 9.17) is 10.5 Å². The maximum Gasteiger partial charge on any atom is 0.181 e. The van der Waals surface area contributed by atoms with Gasteiger partial charge in [-0.1, -0.05) is 24.3 Å². The second-order valence-corrected chi connectivity index (χ2v) is 7.05. The molecule has 3 rings (SSSR count). The third-order valence-electron chi connectivity index (χ3n) is 4.97. The number of aromatic nitrogens is 1. The van der Waals surface area contributed by atoms with Gasteiger partial charge in [0, 0.05) is 41.8 Å². The number of anilines is 1. The Balaban J connectivity index is 1.76. The number of rotatable bonds is 9. The summed E-state index contributed by atoms with van der Waals surface area (Å²) >= 11 is 0. The van der Waals surface area contributed by atoms with Crippen molar-refractivity contribution in [2.24, 2.45) is 0 Å². The first kappa shape index (κ1) is 22.1. The molecule has 0 fully saturated rings. The summed E-state index contributed by atoms with van der Waals surface area (Å²) < 4.78 is 5.31. The van der Waals surface area contributed by atoms with Crippen LogP contribution in [-0.4, -0.2) is 33.9 Å². The number of Topliss-reactive ketones (excluding diaryl/α,β-unsaturated/α-hetero) is 2. The second kappa shape index (κ2) is 9.97. The predicted molar refractivity (Wildman–Crippen MR) is 117 cm³/mol. The highest BCUT2D eigenvalue weighted by Gasteiger charge is 2.16. The van der Waals surface area contributed by atoms with Crippen molar-refractivity contribution in [3.8, 4) is 17.0 Å². The zero-order valence-electron chi connectivity index (χ0n) is 17.2. The molecule has 0 aliphatic carbocycles. The van der Waals surface area contributed by atoms with E-state index in [1.807, 2.05) is 12.1 Å². The van der Waals surface area contributed by atoms with Crippen LogP contribution in [0.4, 0.5) is 5.69 Å². The van der Waals surface area contributed by atoms with Crippen molar-refractivity contribution in [1.82, 2.24) is 4.98 Å². The molecule has 0 aliphatic heterocycles. The lowest BCUT2D eigenvalue weighted by Crippen LogP contribution is -2.08. The molecule has 0 saturated carbocycles. The largest absolute Gasteiger partial charge is 0.497 e. The van der Waals surface area contributed by atoms with Crippen LogP contribution in [0.15, 0.2) is 54.6 Å². The third kappa shape index (κ3) is 5.33. The maximum absolute atomic E-state index is 12.7. The maximum atomic E-state index is 12.7. The average Bonchev–Trinajstić information content (AvgIpc) is 2.81. The first-order chi connectivity index (χ1) is 14.9. The summed E-state index contributed by atoms with van der Waals surface area (Å²) in [5, 5.41) is 18.7. The normalized spacial score (nSPS) is 10.7. The Kier molecular flexibility index (Phi) is 7.12. The van der Waals surface area contributed by atoms with Crippen LogP contribution in [0.2, 0.25) is 0 Å². The molecule has 1 heterocycles. The Bertz CT molecular complexity index is 1090. The zero-order chi connectivity index (χ0) is 22.4. The molecule has 4 N–H and O–H groups in total. The quantitative estimate of drug-likeness (QED) is 0.359. The van der Waals surface area contributed by atoms with Gasteiger partial charge in [0.15, 0.2) is 11.6 Å². The van der Waals surface area contributed by atoms with Crippen molar-refractivity contribution in [1.29, 1.82) is 0 Å². The van der Waals surface area contributed by atoms with E-state index >= 15 is 0 Å². The van der Waals surface area contributed by atoms with Gasteiger partial charge in [0.05, 0.1) is 26.0 Å². The number of ketones is 2. The zero-order valence-corrected chi connectivity index (χ0v) is 17.2. The molecule has 3 aromatic rings. The summed E-state index contributed by atoms with van der Waals surface area (Å²) in [6.45, 7) is -0.502. The lowest BCUT2D eigenvalue weighted by Gasteiger charge is -2.09. The number of nitrogens with two attached hydrogens (primary N) is 1. The molecule has 0 bridgehead atoms. The molecule has 0 spiro atoms. The Morgan fingerprint density at radius 1 is 0.903 bits per heavy atom. The Labute approximate surface area is 180 Å². The van der Waals surface area contributed by atoms with Crippen LogP contribution in [-0.2, 0) is 13.2 Å². The standard InChI is InChI=1S/C24H24N2O5/c1-31-20-11-21(15-4-6-19(25)7-5-15)26-22(12-20)24(30)9-8-23(29)16-2-3-17(13-27)18(10-16)14-28/h2-7,10-12,27-28H,8-9,13-14,25H2,1H3. The summed E-state index contributed by atoms with van der Waals surface area (Å²) in [4.78, 5) is 29.7. The van der Waals surface area contributed by atoms with Crippen molar-refractivity contribution in [3.05, 3.63) is 77.0 Å². The molecular weight excluding hydrogens is 396 g/mol. The summed E-state index contributed by atoms with van der Waals surface area (Å²) in [7, 11) is 1.51. The SMILES string of the molecule is COc1cc(C(=O)CCC(=O)c2ccc(CO)c(CO)c2)nc(-c2ccc(N)cc2)c1. The number of aliphatic hydroxyl groups excluding tert-OH is 2. The van der Waals surface area contributed by atoms with E-state index in [9.17, 15) is 19.8 Å². The van der Waals surface area contributed by atoms with E-state index in [1.54, 1.807) is 42.5 Å². The van der Waals surface area contributed by atoms with Crippen LogP contribution in [0.1, 0.15) is 44.8 Å². The molecule has 0 saturated heterocycles. The van der Waals surface area contributed by atoms with Crippen molar-refractivity contribution in [2.75, 3.05) is 12.8 Å². The van der Waals surface area contributed by atoms with E-state index in [0.29, 0.717) is 33.8 Å². The van der Waals surface area contributed by atoms with E-state index in [0.717, 1.165) is 5.56 Å². The number of nitrogens with zero attached hydrogens (tertiary/aromatic N) is 1. The number of aliphatic hydroxyl groups is 2. The number of carbonyl (C=O) groups excluding carboxylic acids is 2. The van der Waals surface area contributed by atoms with Crippen molar-refractivity contribution in [2.45, 2.75) is 26.1 Å². The van der Waals surface area contributed by atoms with Crippen LogP contribution in [0, 0.1) is 0 Å². The Morgan fingerprint density at radius 2 is 1.58 bits per heavy atom. The third-order valence-corrected chi connectivity index (χ3v) is 4.97. The number of ether oxygens (including phenoxy) is 1. The molecular formula is C24H24N2O5. The predicted octanol–water partition coefficient (Wildman–Crippen LogP) is 3.17. The van der Waals surface area contributed by atoms with Crippen molar-refractivity contribution in [3.63, 3.8) is 0 Å². The van der Waals surface area contributed by atoms with Crippen LogP contribution < -0.4 is 10.5 Å². The topological polar surface area (TPSA) is 123 Å². The fourth-order valence-electron chi connectivity index (χ4n) is 3.17. The minimum atomic E-state index is -0.280. The minimum Gasteiger partial charge on any atom is -0.497 e. The molecule has 2 aromatic carbocycles. The summed E-state index contributed by atoms with van der Waals surface area (Å²) in [5.41, 5.74) is 9.36. The minimum absolute atomic E-state index is 0.00172. The number of pyridine rings is 1. The van der Waals surface area contributed by atoms with Gasteiger partial charge in [-0.15, -0.1) is 0 Å². The van der Waals surface area contributed by atoms with E-state index in [2.05, 4.69) is 4.98 Å². The first-order valence-electron chi connectivity index (χ1n) is 9.77. The van der Waals surface area contributed by atoms with Gasteiger partial charge in [-0.25, -0.2) is 4.98 Å². The smallest absolute Gasteiger partial charge is 0.181 e. The summed E-state index contributed by atoms with van der Waals surface area (Å²) in [6, 6.07) is 15.1. The fraction of sp³-hybridized carbons (Fsp3) is 0.208. The van der Waals surface area contributed by atoms with Gasteiger partial charge in [-0.3, -0.25) is 9.59 Å². The van der Waals surface area contributed by atoms with Crippen LogP contribution >= 0.6 is 0 Å². The summed E-state index contributed by atoms with van der Waals surface area (Å²) in [6.07, 6.45) is -0.0192. The van der Waals surface area contributed by atoms with Crippen LogP contribution in [0.5, 0.6) is 5.75 Å². The van der Waals surface area contributed by atoms with E-state index in [1.165, 1.54) is 7.11 Å². The number of methoxy groups -OCH3 is 1. The second-order valence-electron chi connectivity index (χ2n) is 7.05. The number of nitrogen functional groups attached to an aromatic ring is 1. The van der Waals surface area contributed by atoms with Gasteiger partial charge >= 0.3 is 0 Å². The van der Waals surface area contributed by atoms with Gasteiger partial charge in [0.1, 0.15) is 11.4 Å². The molecule has 0 unspecified atom stereocenters. The number of carbonyl (C=O) groups is 2. The molecule has 0 amide bonds. The highest BCUT2D eigenvalue weighted by molar-refractivity contribution is 6.01. The van der Waals surface area contributed by atoms with Gasteiger partial charge in [-0.05, 0) is 29.3 Å². The van der Waals surface area contributed by atoms with Crippen molar-refractivity contribution < 1.29 is 24.5 Å². The summed E-state index contributed by atoms with van der Waals surface area (Å²) in [5.74, 6) is -0.0174. The number of hydrogen-bond donors (Lipinski definition) is 3. The fourth-order valence-corrected chi connectivity index (χ4v) is 3.17. The lowest BCUT2D eigenvalue weighted by atomic mass is 9.99. The molecule has 1 aromatic heterocycles. The van der Waals surface area contributed by atoms with Crippen molar-refractivity contribution >= 4 is 17.3 Å². The van der Waals surface area contributed by atoms with Crippen LogP contribution in [0.25, 0.3) is 11.3 Å². The van der Waals surface area contributed by atoms with E-state index < -0.39 is 0 Å². The first-order valence-corrected chi connectivity index (χ1v) is 9.77. The lowest BCUT2D eigenvalue weighted by molar-refractivity contribution is 0.0914. The molecule has 7 heteroatoms. The average molecular weight is 420 g/mol. The molecule has 160 valence electrons. The van der Waals surface area contributed by atoms with Gasteiger partial charge < -0.3 is 20.7 Å². The molecule has 31 heavy (non-hydrogen) atoms.